The molecule has 2 amide bonds. The van der Waals surface area contributed by atoms with Crippen LogP contribution in [-0.2, 0) is 14.4 Å². The molecule has 162 valence electrons. The summed E-state index contributed by atoms with van der Waals surface area (Å²) in [5.41, 5.74) is 16.3. The first-order valence-electron chi connectivity index (χ1n) is 9.69. The first-order chi connectivity index (χ1) is 13.1. The maximum Gasteiger partial charge on any atom is 0.243 e. The van der Waals surface area contributed by atoms with Crippen LogP contribution in [0.25, 0.3) is 0 Å². The number of hydrogen-bond donors (Lipinski definition) is 6. The molecule has 0 bridgehead atoms. The Bertz CT molecular complexity index is 522. The van der Waals surface area contributed by atoms with Gasteiger partial charge in [-0.25, -0.2) is 0 Å². The van der Waals surface area contributed by atoms with Gasteiger partial charge >= 0.3 is 0 Å². The molecule has 0 heterocycles. The van der Waals surface area contributed by atoms with Gasteiger partial charge in [-0.1, -0.05) is 33.6 Å². The van der Waals surface area contributed by atoms with Crippen LogP contribution in [0.4, 0.5) is 0 Å². The Labute approximate surface area is 166 Å². The molecule has 0 aromatic rings. The van der Waals surface area contributed by atoms with E-state index >= 15 is 0 Å². The molecule has 0 saturated heterocycles. The fourth-order valence-corrected chi connectivity index (χ4v) is 2.49. The van der Waals surface area contributed by atoms with Gasteiger partial charge in [0.1, 0.15) is 18.4 Å². The van der Waals surface area contributed by atoms with Crippen LogP contribution in [0.3, 0.4) is 0 Å². The van der Waals surface area contributed by atoms with Gasteiger partial charge in [-0.05, 0) is 25.2 Å². The van der Waals surface area contributed by atoms with E-state index in [0.29, 0.717) is 38.5 Å². The summed E-state index contributed by atoms with van der Waals surface area (Å²) in [6, 6.07) is -2.69. The number of amides is 2. The van der Waals surface area contributed by atoms with Gasteiger partial charge in [0, 0.05) is 6.54 Å². The highest BCUT2D eigenvalue weighted by molar-refractivity contribution is 5.91. The molecular formula is C18H36N6O4. The molecule has 0 aliphatic carbocycles. The number of aliphatic hydroxyl groups is 1. The van der Waals surface area contributed by atoms with E-state index in [2.05, 4.69) is 15.6 Å². The lowest BCUT2D eigenvalue weighted by atomic mass is 9.99. The lowest BCUT2D eigenvalue weighted by molar-refractivity contribution is -0.132. The Morgan fingerprint density at radius 1 is 1.11 bits per heavy atom. The number of aliphatic imine (C=N–C) groups is 1. The number of nitrogens with one attached hydrogen (secondary N) is 2. The molecule has 0 unspecified atom stereocenters. The summed E-state index contributed by atoms with van der Waals surface area (Å²) in [7, 11) is 0. The Morgan fingerprint density at radius 2 is 1.75 bits per heavy atom. The zero-order chi connectivity index (χ0) is 21.7. The van der Waals surface area contributed by atoms with Crippen LogP contribution in [0.15, 0.2) is 4.99 Å². The van der Waals surface area contributed by atoms with Crippen molar-refractivity contribution in [2.45, 2.75) is 77.1 Å². The highest BCUT2D eigenvalue weighted by Crippen LogP contribution is 2.07. The number of carbonyl (C=O) groups is 3. The summed E-state index contributed by atoms with van der Waals surface area (Å²) in [5.74, 6) is -1.30. The van der Waals surface area contributed by atoms with Crippen LogP contribution < -0.4 is 27.8 Å². The van der Waals surface area contributed by atoms with Crippen LogP contribution >= 0.6 is 0 Å². The molecular weight excluding hydrogens is 364 g/mol. The van der Waals surface area contributed by atoms with E-state index in [-0.39, 0.29) is 11.9 Å². The maximum atomic E-state index is 12.6. The first-order valence-corrected chi connectivity index (χ1v) is 9.69. The van der Waals surface area contributed by atoms with E-state index < -0.39 is 36.0 Å². The molecule has 10 nitrogen and oxygen atoms in total. The predicted octanol–water partition coefficient (Wildman–Crippen LogP) is -1.26. The van der Waals surface area contributed by atoms with Gasteiger partial charge < -0.3 is 37.7 Å². The van der Waals surface area contributed by atoms with Gasteiger partial charge in [-0.2, -0.15) is 0 Å². The van der Waals surface area contributed by atoms with Crippen molar-refractivity contribution in [1.29, 1.82) is 0 Å². The van der Waals surface area contributed by atoms with Crippen LogP contribution in [0, 0.1) is 5.92 Å². The lowest BCUT2D eigenvalue weighted by Crippen LogP contribution is -2.56. The van der Waals surface area contributed by atoms with Gasteiger partial charge in [-0.15, -0.1) is 0 Å². The van der Waals surface area contributed by atoms with Crippen LogP contribution in [0.2, 0.25) is 0 Å². The summed E-state index contributed by atoms with van der Waals surface area (Å²) in [5, 5.41) is 15.2. The second-order valence-electron chi connectivity index (χ2n) is 7.16. The second-order valence-corrected chi connectivity index (χ2v) is 7.16. The van der Waals surface area contributed by atoms with Gasteiger partial charge in [0.25, 0.3) is 0 Å². The first kappa shape index (κ1) is 25.8. The van der Waals surface area contributed by atoms with Crippen molar-refractivity contribution in [1.82, 2.24) is 10.6 Å². The molecule has 0 aliphatic heterocycles. The molecule has 10 heteroatoms. The fraction of sp³-hybridized carbons (Fsp3) is 0.778. The van der Waals surface area contributed by atoms with Gasteiger partial charge in [0.05, 0.1) is 12.1 Å². The zero-order valence-corrected chi connectivity index (χ0v) is 17.1. The zero-order valence-electron chi connectivity index (χ0n) is 17.1. The molecule has 0 fully saturated rings. The number of carbonyl (C=O) groups excluding carboxylic acids is 3. The minimum absolute atomic E-state index is 0.0334. The van der Waals surface area contributed by atoms with Crippen molar-refractivity contribution in [3.05, 3.63) is 0 Å². The van der Waals surface area contributed by atoms with Crippen LogP contribution in [-0.4, -0.2) is 59.9 Å². The standard InChI is InChI=1S/C18H36N6O4/c1-4-5-8-13(24-17(28)14(19)15(26)11(2)3)16(27)23-12(10-25)7-6-9-22-18(20)21/h10-15,26H,4-9,19H2,1-3H3,(H,23,27)(H,24,28)(H4,20,21,22)/t12-,13+,14+,15-/m1/s1. The molecule has 0 radical (unpaired) electrons. The number of rotatable bonds is 14. The normalized spacial score (nSPS) is 15.2. The lowest BCUT2D eigenvalue weighted by Gasteiger charge is -2.25. The summed E-state index contributed by atoms with van der Waals surface area (Å²) in [6.07, 6.45) is 2.43. The van der Waals surface area contributed by atoms with Crippen molar-refractivity contribution >= 4 is 24.1 Å². The Kier molecular flexibility index (Phi) is 12.8. The molecule has 0 rings (SSSR count). The third-order valence-electron chi connectivity index (χ3n) is 4.29. The Hall–Kier alpha value is -2.20. The third-order valence-corrected chi connectivity index (χ3v) is 4.29. The van der Waals surface area contributed by atoms with E-state index in [9.17, 15) is 19.5 Å². The van der Waals surface area contributed by atoms with E-state index in [1.807, 2.05) is 6.92 Å². The van der Waals surface area contributed by atoms with Crippen molar-refractivity contribution in [2.75, 3.05) is 6.54 Å². The highest BCUT2D eigenvalue weighted by Gasteiger charge is 2.29. The number of nitrogens with two attached hydrogens (primary N) is 3. The summed E-state index contributed by atoms with van der Waals surface area (Å²) in [4.78, 5) is 40.0. The number of aliphatic hydroxyl groups excluding tert-OH is 1. The van der Waals surface area contributed by atoms with Gasteiger partial charge in [0.2, 0.25) is 11.8 Å². The summed E-state index contributed by atoms with van der Waals surface area (Å²) < 4.78 is 0. The Balaban J connectivity index is 4.87. The predicted molar refractivity (Wildman–Crippen MR) is 108 cm³/mol. The summed E-state index contributed by atoms with van der Waals surface area (Å²) in [6.45, 7) is 5.80. The Morgan fingerprint density at radius 3 is 2.25 bits per heavy atom. The second kappa shape index (κ2) is 13.9. The van der Waals surface area contributed by atoms with Crippen LogP contribution in [0.1, 0.15) is 52.9 Å². The van der Waals surface area contributed by atoms with Crippen molar-refractivity contribution < 1.29 is 19.5 Å². The van der Waals surface area contributed by atoms with Gasteiger partial charge in [0.15, 0.2) is 5.96 Å². The SMILES string of the molecule is CCCC[C@H](NC(=O)[C@@H](N)[C@H](O)C(C)C)C(=O)N[C@@H](C=O)CCCN=C(N)N. The molecule has 0 aromatic heterocycles. The van der Waals surface area contributed by atoms with E-state index in [1.165, 1.54) is 0 Å². The minimum Gasteiger partial charge on any atom is -0.391 e. The van der Waals surface area contributed by atoms with Gasteiger partial charge in [-0.3, -0.25) is 14.6 Å². The number of guanidine groups is 1. The highest BCUT2D eigenvalue weighted by atomic mass is 16.3. The average molecular weight is 401 g/mol. The van der Waals surface area contributed by atoms with E-state index in [4.69, 9.17) is 17.2 Å². The van der Waals surface area contributed by atoms with E-state index in [0.717, 1.165) is 6.42 Å². The summed E-state index contributed by atoms with van der Waals surface area (Å²) >= 11 is 0. The van der Waals surface area contributed by atoms with Crippen LogP contribution in [0.5, 0.6) is 0 Å². The average Bonchev–Trinajstić information content (AvgIpc) is 2.65. The molecule has 0 aliphatic rings. The monoisotopic (exact) mass is 400 g/mol. The molecule has 0 spiro atoms. The number of nitrogens with zero attached hydrogens (tertiary/aromatic N) is 1. The number of aldehydes is 1. The molecule has 9 N–H and O–H groups in total. The van der Waals surface area contributed by atoms with E-state index in [1.54, 1.807) is 13.8 Å². The van der Waals surface area contributed by atoms with Crippen molar-refractivity contribution in [2.24, 2.45) is 28.1 Å². The number of hydrogen-bond acceptors (Lipinski definition) is 6. The fourth-order valence-electron chi connectivity index (χ4n) is 2.49. The largest absolute Gasteiger partial charge is 0.391 e. The molecule has 0 saturated carbocycles. The number of unbranched alkanes of at least 4 members (excludes halogenated alkanes) is 1. The topological polar surface area (TPSA) is 186 Å². The maximum absolute atomic E-state index is 12.6. The third kappa shape index (κ3) is 10.2. The molecule has 28 heavy (non-hydrogen) atoms. The van der Waals surface area contributed by atoms with Crippen molar-refractivity contribution in [3.8, 4) is 0 Å². The smallest absolute Gasteiger partial charge is 0.243 e. The minimum atomic E-state index is -1.14. The van der Waals surface area contributed by atoms with Crippen molar-refractivity contribution in [3.63, 3.8) is 0 Å². The quantitative estimate of drug-likeness (QED) is 0.0908. The molecule has 0 aromatic carbocycles. The molecule has 4 atom stereocenters.